The molecular formula is C9H17N3O2. The Kier molecular flexibility index (Phi) is 2.88. The smallest absolute Gasteiger partial charge is 0.404 e. The number of hydrogen-bond acceptors (Lipinski definition) is 3. The molecule has 1 saturated heterocycles. The summed E-state index contributed by atoms with van der Waals surface area (Å²) in [7, 11) is 0. The van der Waals surface area contributed by atoms with Crippen LogP contribution >= 0.6 is 0 Å². The van der Waals surface area contributed by atoms with E-state index in [1.165, 1.54) is 0 Å². The first-order valence-corrected chi connectivity index (χ1v) is 5.20. The first-order valence-electron chi connectivity index (χ1n) is 5.20. The average Bonchev–Trinajstić information content (AvgIpc) is 2.12. The van der Waals surface area contributed by atoms with Gasteiger partial charge in [0.15, 0.2) is 0 Å². The number of piperazine rings is 1. The Morgan fingerprint density at radius 3 is 2.57 bits per heavy atom. The summed E-state index contributed by atoms with van der Waals surface area (Å²) in [5.74, 6) is 0. The summed E-state index contributed by atoms with van der Waals surface area (Å²) >= 11 is 0. The molecule has 2 aliphatic rings. The lowest BCUT2D eigenvalue weighted by Gasteiger charge is -2.44. The number of carbonyl (C=O) groups is 1. The second-order valence-electron chi connectivity index (χ2n) is 4.06. The SMILES string of the molecule is O=C(O)N[C@H]1C[C@H](N2CCNCC2)C1. The summed E-state index contributed by atoms with van der Waals surface area (Å²) in [5.41, 5.74) is 0. The molecule has 0 aromatic rings. The maximum absolute atomic E-state index is 10.4. The van der Waals surface area contributed by atoms with Crippen molar-refractivity contribution in [3.63, 3.8) is 0 Å². The molecule has 2 rings (SSSR count). The highest BCUT2D eigenvalue weighted by Gasteiger charge is 2.34. The second-order valence-corrected chi connectivity index (χ2v) is 4.06. The van der Waals surface area contributed by atoms with Gasteiger partial charge in [-0.05, 0) is 12.8 Å². The van der Waals surface area contributed by atoms with Crippen molar-refractivity contribution in [3.05, 3.63) is 0 Å². The number of nitrogens with one attached hydrogen (secondary N) is 2. The van der Waals surface area contributed by atoms with E-state index < -0.39 is 6.09 Å². The van der Waals surface area contributed by atoms with Gasteiger partial charge in [0.25, 0.3) is 0 Å². The van der Waals surface area contributed by atoms with Gasteiger partial charge in [0.1, 0.15) is 0 Å². The van der Waals surface area contributed by atoms with Gasteiger partial charge in [0, 0.05) is 38.3 Å². The molecule has 0 spiro atoms. The Labute approximate surface area is 83.5 Å². The minimum Gasteiger partial charge on any atom is -0.465 e. The van der Waals surface area contributed by atoms with Crippen LogP contribution in [0.3, 0.4) is 0 Å². The zero-order valence-electron chi connectivity index (χ0n) is 8.20. The van der Waals surface area contributed by atoms with Gasteiger partial charge in [-0.1, -0.05) is 0 Å². The van der Waals surface area contributed by atoms with Crippen molar-refractivity contribution in [1.29, 1.82) is 0 Å². The summed E-state index contributed by atoms with van der Waals surface area (Å²) < 4.78 is 0. The Morgan fingerprint density at radius 2 is 2.00 bits per heavy atom. The molecule has 1 aliphatic heterocycles. The van der Waals surface area contributed by atoms with Gasteiger partial charge < -0.3 is 15.7 Å². The molecule has 0 atom stereocenters. The Bertz CT molecular complexity index is 210. The van der Waals surface area contributed by atoms with Gasteiger partial charge in [-0.25, -0.2) is 4.79 Å². The molecule has 0 aromatic heterocycles. The van der Waals surface area contributed by atoms with Gasteiger partial charge in [-0.15, -0.1) is 0 Å². The van der Waals surface area contributed by atoms with Gasteiger partial charge in [-0.2, -0.15) is 0 Å². The second kappa shape index (κ2) is 4.14. The van der Waals surface area contributed by atoms with Gasteiger partial charge >= 0.3 is 6.09 Å². The van der Waals surface area contributed by atoms with E-state index in [4.69, 9.17) is 5.11 Å². The fourth-order valence-corrected chi connectivity index (χ4v) is 2.23. The van der Waals surface area contributed by atoms with E-state index in [1.54, 1.807) is 0 Å². The standard InChI is InChI=1S/C9H17N3O2/c13-9(14)11-7-5-8(6-7)12-3-1-10-2-4-12/h7-8,10-11H,1-6H2,(H,13,14)/t7-,8-. The van der Waals surface area contributed by atoms with Crippen LogP contribution < -0.4 is 10.6 Å². The molecule has 0 radical (unpaired) electrons. The first kappa shape index (κ1) is 9.73. The van der Waals surface area contributed by atoms with Crippen molar-refractivity contribution >= 4 is 6.09 Å². The van der Waals surface area contributed by atoms with Crippen molar-refractivity contribution in [2.75, 3.05) is 26.2 Å². The number of carboxylic acid groups (broad SMARTS) is 1. The molecule has 1 saturated carbocycles. The highest BCUT2D eigenvalue weighted by Crippen LogP contribution is 2.25. The third kappa shape index (κ3) is 2.16. The lowest BCUT2D eigenvalue weighted by molar-refractivity contribution is 0.0830. The minimum atomic E-state index is -0.895. The Balaban J connectivity index is 1.68. The fraction of sp³-hybridized carbons (Fsp3) is 0.889. The summed E-state index contributed by atoms with van der Waals surface area (Å²) in [6.07, 6.45) is 1.06. The maximum Gasteiger partial charge on any atom is 0.404 e. The molecule has 3 N–H and O–H groups in total. The van der Waals surface area contributed by atoms with Crippen molar-refractivity contribution < 1.29 is 9.90 Å². The molecule has 14 heavy (non-hydrogen) atoms. The Hall–Kier alpha value is -0.810. The molecule has 1 amide bonds. The van der Waals surface area contributed by atoms with Crippen LogP contribution in [0.4, 0.5) is 4.79 Å². The summed E-state index contributed by atoms with van der Waals surface area (Å²) in [6.45, 7) is 4.33. The van der Waals surface area contributed by atoms with Crippen LogP contribution in [0.25, 0.3) is 0 Å². The lowest BCUT2D eigenvalue weighted by Crippen LogP contribution is -2.57. The normalized spacial score (nSPS) is 33.4. The van der Waals surface area contributed by atoms with Crippen LogP contribution in [0, 0.1) is 0 Å². The predicted octanol–water partition coefficient (Wildman–Crippen LogP) is -0.310. The monoisotopic (exact) mass is 199 g/mol. The molecule has 80 valence electrons. The Morgan fingerprint density at radius 1 is 1.36 bits per heavy atom. The zero-order chi connectivity index (χ0) is 9.97. The molecule has 2 fully saturated rings. The molecule has 5 nitrogen and oxygen atoms in total. The van der Waals surface area contributed by atoms with E-state index in [-0.39, 0.29) is 6.04 Å². The number of hydrogen-bond donors (Lipinski definition) is 3. The van der Waals surface area contributed by atoms with Crippen LogP contribution in [0.1, 0.15) is 12.8 Å². The van der Waals surface area contributed by atoms with Crippen LogP contribution in [-0.2, 0) is 0 Å². The molecule has 1 heterocycles. The van der Waals surface area contributed by atoms with Crippen molar-refractivity contribution in [3.8, 4) is 0 Å². The van der Waals surface area contributed by atoms with E-state index in [0.29, 0.717) is 6.04 Å². The number of amides is 1. The van der Waals surface area contributed by atoms with Crippen molar-refractivity contribution in [1.82, 2.24) is 15.5 Å². The highest BCUT2D eigenvalue weighted by molar-refractivity contribution is 5.65. The minimum absolute atomic E-state index is 0.187. The first-order chi connectivity index (χ1) is 6.75. The molecule has 5 heteroatoms. The molecule has 1 aliphatic carbocycles. The van der Waals surface area contributed by atoms with E-state index in [1.807, 2.05) is 0 Å². The zero-order valence-corrected chi connectivity index (χ0v) is 8.20. The van der Waals surface area contributed by atoms with Crippen molar-refractivity contribution in [2.24, 2.45) is 0 Å². The van der Waals surface area contributed by atoms with Gasteiger partial charge in [0.2, 0.25) is 0 Å². The number of rotatable bonds is 2. The molecule has 0 unspecified atom stereocenters. The highest BCUT2D eigenvalue weighted by atomic mass is 16.4. The third-order valence-electron chi connectivity index (χ3n) is 3.11. The van der Waals surface area contributed by atoms with Crippen LogP contribution in [-0.4, -0.2) is 54.4 Å². The third-order valence-corrected chi connectivity index (χ3v) is 3.11. The largest absolute Gasteiger partial charge is 0.465 e. The molecule has 0 bridgehead atoms. The summed E-state index contributed by atoms with van der Waals surface area (Å²) in [6, 6.07) is 0.793. The predicted molar refractivity (Wildman–Crippen MR) is 52.4 cm³/mol. The van der Waals surface area contributed by atoms with Gasteiger partial charge in [0.05, 0.1) is 0 Å². The topological polar surface area (TPSA) is 64.6 Å². The van der Waals surface area contributed by atoms with E-state index in [2.05, 4.69) is 15.5 Å². The fourth-order valence-electron chi connectivity index (χ4n) is 2.23. The molecule has 0 aromatic carbocycles. The van der Waals surface area contributed by atoms with Gasteiger partial charge in [-0.3, -0.25) is 4.90 Å². The van der Waals surface area contributed by atoms with E-state index >= 15 is 0 Å². The number of nitrogens with zero attached hydrogens (tertiary/aromatic N) is 1. The van der Waals surface area contributed by atoms with Crippen molar-refractivity contribution in [2.45, 2.75) is 24.9 Å². The lowest BCUT2D eigenvalue weighted by atomic mass is 9.85. The van der Waals surface area contributed by atoms with Crippen LogP contribution in [0.15, 0.2) is 0 Å². The van der Waals surface area contributed by atoms with Crippen LogP contribution in [0.2, 0.25) is 0 Å². The molecular weight excluding hydrogens is 182 g/mol. The van der Waals surface area contributed by atoms with E-state index in [0.717, 1.165) is 39.0 Å². The van der Waals surface area contributed by atoms with Crippen LogP contribution in [0.5, 0.6) is 0 Å². The summed E-state index contributed by atoms with van der Waals surface area (Å²) in [4.78, 5) is 12.8. The maximum atomic E-state index is 10.4. The quantitative estimate of drug-likeness (QED) is 0.571. The summed E-state index contributed by atoms with van der Waals surface area (Å²) in [5, 5.41) is 14.3. The average molecular weight is 199 g/mol. The van der Waals surface area contributed by atoms with E-state index in [9.17, 15) is 4.79 Å².